The summed E-state index contributed by atoms with van der Waals surface area (Å²) in [4.78, 5) is 0.985. The highest BCUT2D eigenvalue weighted by molar-refractivity contribution is 9.10. The molecule has 0 spiro atoms. The van der Waals surface area contributed by atoms with Gasteiger partial charge in [-0.2, -0.15) is 5.26 Å². The number of rotatable bonds is 3. The Morgan fingerprint density at radius 1 is 1.26 bits per heavy atom. The van der Waals surface area contributed by atoms with E-state index in [1.165, 1.54) is 0 Å². The maximum atomic E-state index is 9.30. The maximum Gasteiger partial charge on any atom is 0.103 e. The molecule has 0 heterocycles. The van der Waals surface area contributed by atoms with Gasteiger partial charge in [-0.05, 0) is 49.1 Å². The molecular weight excluding hydrogens is 320 g/mol. The van der Waals surface area contributed by atoms with Gasteiger partial charge in [-0.25, -0.2) is 0 Å². The summed E-state index contributed by atoms with van der Waals surface area (Å²) in [7, 11) is 0. The summed E-state index contributed by atoms with van der Waals surface area (Å²) in [6.07, 6.45) is 1.98. The van der Waals surface area contributed by atoms with Crippen LogP contribution in [0.5, 0.6) is 0 Å². The van der Waals surface area contributed by atoms with E-state index in [0.29, 0.717) is 5.56 Å². The summed E-state index contributed by atoms with van der Waals surface area (Å²) in [5.74, 6) is 0. The number of thioether (sulfide) groups is 1. The summed E-state index contributed by atoms with van der Waals surface area (Å²) >= 11 is 5.06. The topological polar surface area (TPSA) is 35.8 Å². The van der Waals surface area contributed by atoms with Gasteiger partial charge < -0.3 is 5.32 Å². The first-order valence-corrected chi connectivity index (χ1v) is 7.77. The summed E-state index contributed by atoms with van der Waals surface area (Å²) in [6.45, 7) is 2.04. The molecule has 1 N–H and O–H groups in total. The minimum Gasteiger partial charge on any atom is -0.354 e. The molecule has 0 atom stereocenters. The Bertz CT molecular complexity index is 627. The molecule has 96 valence electrons. The molecule has 0 fully saturated rings. The fourth-order valence-corrected chi connectivity index (χ4v) is 3.07. The number of aryl methyl sites for hydroxylation is 1. The van der Waals surface area contributed by atoms with Crippen molar-refractivity contribution in [2.24, 2.45) is 0 Å². The van der Waals surface area contributed by atoms with Crippen LogP contribution in [0.3, 0.4) is 0 Å². The molecule has 4 heteroatoms. The lowest BCUT2D eigenvalue weighted by Crippen LogP contribution is -1.95. The smallest absolute Gasteiger partial charge is 0.103 e. The van der Waals surface area contributed by atoms with E-state index in [1.807, 2.05) is 37.4 Å². The van der Waals surface area contributed by atoms with Gasteiger partial charge in [0.1, 0.15) is 6.07 Å². The van der Waals surface area contributed by atoms with Crippen molar-refractivity contribution in [2.75, 3.05) is 11.6 Å². The molecule has 0 bridgehead atoms. The lowest BCUT2D eigenvalue weighted by Gasteiger charge is -2.11. The minimum absolute atomic E-state index is 0.688. The number of hydrogen-bond acceptors (Lipinski definition) is 3. The number of benzene rings is 2. The van der Waals surface area contributed by atoms with Crippen LogP contribution in [0.15, 0.2) is 45.8 Å². The highest BCUT2D eigenvalue weighted by Crippen LogP contribution is 2.29. The molecular formula is C15H13BrN2S. The normalized spacial score (nSPS) is 10.0. The largest absolute Gasteiger partial charge is 0.354 e. The standard InChI is InChI=1S/C15H13BrN2S/c1-10-6-11(16)8-12(7-10)18-14-4-3-5-15(19-2)13(14)9-17/h3-8,18H,1-2H3. The van der Waals surface area contributed by atoms with Crippen LogP contribution in [0, 0.1) is 18.3 Å². The third kappa shape index (κ3) is 3.31. The van der Waals surface area contributed by atoms with Crippen molar-refractivity contribution >= 4 is 39.1 Å². The second-order valence-corrected chi connectivity index (χ2v) is 5.90. The van der Waals surface area contributed by atoms with Crippen molar-refractivity contribution in [3.05, 3.63) is 52.0 Å². The van der Waals surface area contributed by atoms with Crippen LogP contribution in [0.2, 0.25) is 0 Å². The first-order valence-electron chi connectivity index (χ1n) is 5.75. The SMILES string of the molecule is CSc1cccc(Nc2cc(C)cc(Br)c2)c1C#N. The molecule has 2 rings (SSSR count). The van der Waals surface area contributed by atoms with E-state index in [-0.39, 0.29) is 0 Å². The number of nitrogens with one attached hydrogen (secondary N) is 1. The van der Waals surface area contributed by atoms with E-state index in [2.05, 4.69) is 39.4 Å². The molecule has 2 aromatic rings. The first-order chi connectivity index (χ1) is 9.13. The second-order valence-electron chi connectivity index (χ2n) is 4.14. The molecule has 0 saturated heterocycles. The molecule has 19 heavy (non-hydrogen) atoms. The van der Waals surface area contributed by atoms with Crippen molar-refractivity contribution in [2.45, 2.75) is 11.8 Å². The van der Waals surface area contributed by atoms with Crippen molar-refractivity contribution < 1.29 is 0 Å². The number of nitriles is 1. The molecule has 0 aliphatic carbocycles. The fraction of sp³-hybridized carbons (Fsp3) is 0.133. The predicted molar refractivity (Wildman–Crippen MR) is 85.1 cm³/mol. The minimum atomic E-state index is 0.688. The fourth-order valence-electron chi connectivity index (χ4n) is 1.88. The zero-order chi connectivity index (χ0) is 13.8. The van der Waals surface area contributed by atoms with Crippen molar-refractivity contribution in [3.8, 4) is 6.07 Å². The molecule has 0 amide bonds. The zero-order valence-corrected chi connectivity index (χ0v) is 13.1. The molecule has 0 radical (unpaired) electrons. The molecule has 0 saturated carbocycles. The summed E-state index contributed by atoms with van der Waals surface area (Å²) in [5.41, 5.74) is 3.66. The zero-order valence-electron chi connectivity index (χ0n) is 10.7. The van der Waals surface area contributed by atoms with E-state index in [0.717, 1.165) is 26.3 Å². The molecule has 0 aliphatic rings. The van der Waals surface area contributed by atoms with Gasteiger partial charge in [-0.3, -0.25) is 0 Å². The molecule has 2 aromatic carbocycles. The Morgan fingerprint density at radius 2 is 2.05 bits per heavy atom. The van der Waals surface area contributed by atoms with Crippen molar-refractivity contribution in [3.63, 3.8) is 0 Å². The van der Waals surface area contributed by atoms with Gasteiger partial charge in [0.2, 0.25) is 0 Å². The van der Waals surface area contributed by atoms with Crippen LogP contribution in [0.4, 0.5) is 11.4 Å². The average Bonchev–Trinajstić information content (AvgIpc) is 2.37. The number of nitrogens with zero attached hydrogens (tertiary/aromatic N) is 1. The van der Waals surface area contributed by atoms with E-state index >= 15 is 0 Å². The highest BCUT2D eigenvalue weighted by Gasteiger charge is 2.07. The van der Waals surface area contributed by atoms with E-state index < -0.39 is 0 Å². The van der Waals surface area contributed by atoms with Gasteiger partial charge in [0.15, 0.2) is 0 Å². The van der Waals surface area contributed by atoms with Crippen molar-refractivity contribution in [1.29, 1.82) is 5.26 Å². The third-order valence-electron chi connectivity index (χ3n) is 2.68. The van der Waals surface area contributed by atoms with Gasteiger partial charge in [0, 0.05) is 15.1 Å². The van der Waals surface area contributed by atoms with Crippen molar-refractivity contribution in [1.82, 2.24) is 0 Å². The van der Waals surface area contributed by atoms with Gasteiger partial charge in [-0.15, -0.1) is 11.8 Å². The highest BCUT2D eigenvalue weighted by atomic mass is 79.9. The van der Waals surface area contributed by atoms with Crippen LogP contribution in [-0.4, -0.2) is 6.26 Å². The number of hydrogen-bond donors (Lipinski definition) is 1. The lowest BCUT2D eigenvalue weighted by atomic mass is 10.1. The van der Waals surface area contributed by atoms with Crippen LogP contribution in [-0.2, 0) is 0 Å². The quantitative estimate of drug-likeness (QED) is 0.794. The Labute approximate surface area is 126 Å². The van der Waals surface area contributed by atoms with Crippen LogP contribution in [0.25, 0.3) is 0 Å². The Morgan fingerprint density at radius 3 is 2.68 bits per heavy atom. The summed E-state index contributed by atoms with van der Waals surface area (Å²) in [6, 6.07) is 14.2. The predicted octanol–water partition coefficient (Wildman–Crippen LogP) is 5.09. The number of anilines is 2. The molecule has 0 unspecified atom stereocenters. The van der Waals surface area contributed by atoms with E-state index in [4.69, 9.17) is 0 Å². The first kappa shape index (κ1) is 14.0. The summed E-state index contributed by atoms with van der Waals surface area (Å²) < 4.78 is 1.02. The Kier molecular flexibility index (Phi) is 4.52. The van der Waals surface area contributed by atoms with Gasteiger partial charge in [0.25, 0.3) is 0 Å². The molecule has 0 aromatic heterocycles. The van der Waals surface area contributed by atoms with Gasteiger partial charge in [0.05, 0.1) is 11.3 Å². The van der Waals surface area contributed by atoms with Crippen LogP contribution < -0.4 is 5.32 Å². The monoisotopic (exact) mass is 332 g/mol. The average molecular weight is 333 g/mol. The molecule has 0 aliphatic heterocycles. The maximum absolute atomic E-state index is 9.30. The van der Waals surface area contributed by atoms with E-state index in [1.54, 1.807) is 11.8 Å². The van der Waals surface area contributed by atoms with Gasteiger partial charge in [-0.1, -0.05) is 22.0 Å². The Hall–Kier alpha value is -1.44. The second kappa shape index (κ2) is 6.14. The summed E-state index contributed by atoms with van der Waals surface area (Å²) in [5, 5.41) is 12.6. The lowest BCUT2D eigenvalue weighted by molar-refractivity contribution is 1.35. The van der Waals surface area contributed by atoms with Gasteiger partial charge >= 0.3 is 0 Å². The van der Waals surface area contributed by atoms with E-state index in [9.17, 15) is 5.26 Å². The van der Waals surface area contributed by atoms with Crippen LogP contribution in [0.1, 0.15) is 11.1 Å². The Balaban J connectivity index is 2.41. The number of halogens is 1. The third-order valence-corrected chi connectivity index (χ3v) is 3.92. The molecule has 2 nitrogen and oxygen atoms in total. The van der Waals surface area contributed by atoms with Crippen LogP contribution >= 0.6 is 27.7 Å².